The van der Waals surface area contributed by atoms with Gasteiger partial charge in [-0.15, -0.1) is 0 Å². The summed E-state index contributed by atoms with van der Waals surface area (Å²) in [5.41, 5.74) is 2.20. The molecule has 2 aromatic carbocycles. The second kappa shape index (κ2) is 9.07. The number of nitriles is 1. The van der Waals surface area contributed by atoms with E-state index in [0.29, 0.717) is 17.4 Å². The van der Waals surface area contributed by atoms with Crippen LogP contribution >= 0.6 is 0 Å². The van der Waals surface area contributed by atoms with Crippen LogP contribution in [0.25, 0.3) is 16.5 Å². The van der Waals surface area contributed by atoms with Gasteiger partial charge in [-0.05, 0) is 48.2 Å². The molecule has 1 amide bonds. The van der Waals surface area contributed by atoms with E-state index in [2.05, 4.69) is 17.2 Å². The highest BCUT2D eigenvalue weighted by Gasteiger charge is 2.13. The number of carbonyl (C=O) groups excluding carboxylic acids is 1. The van der Waals surface area contributed by atoms with E-state index in [9.17, 15) is 9.59 Å². The highest BCUT2D eigenvalue weighted by molar-refractivity contribution is 5.92. The van der Waals surface area contributed by atoms with Crippen molar-refractivity contribution in [1.29, 1.82) is 5.26 Å². The number of hydrogen-bond donors (Lipinski definition) is 1. The van der Waals surface area contributed by atoms with E-state index in [-0.39, 0.29) is 23.6 Å². The number of carbonyl (C=O) groups is 1. The number of nitrogens with zero attached hydrogens (tertiary/aromatic N) is 2. The number of pyridine rings is 1. The Morgan fingerprint density at radius 1 is 1.09 bits per heavy atom. The normalized spacial score (nSPS) is 10.2. The number of benzene rings is 2. The molecule has 0 saturated carbocycles. The fourth-order valence-corrected chi connectivity index (χ4v) is 3.51. The highest BCUT2D eigenvalue weighted by Crippen LogP contribution is 2.19. The lowest BCUT2D eigenvalue weighted by Gasteiger charge is -2.14. The van der Waals surface area contributed by atoms with Gasteiger partial charge < -0.3 is 9.73 Å². The van der Waals surface area contributed by atoms with Crippen molar-refractivity contribution >= 4 is 16.7 Å². The Balaban J connectivity index is 1.66. The standard InChI is InChI=1S/C26H19N3O3/c1-2-20-16-19-9-6-8-18(24(19)26(31)29(20)21-11-4-3-5-12-21)10-7-15-28-25(30)23-14-13-22(17-27)32-23/h3-6,8-9,11-14,16H,2,15H2,1H3,(H,28,30). The van der Waals surface area contributed by atoms with E-state index in [1.165, 1.54) is 12.1 Å². The number of aromatic nitrogens is 1. The largest absolute Gasteiger partial charge is 0.440 e. The van der Waals surface area contributed by atoms with Gasteiger partial charge >= 0.3 is 0 Å². The van der Waals surface area contributed by atoms with Crippen LogP contribution in [0.4, 0.5) is 0 Å². The maximum Gasteiger partial charge on any atom is 0.287 e. The molecule has 0 fully saturated rings. The molecule has 0 aliphatic heterocycles. The average Bonchev–Trinajstić information content (AvgIpc) is 3.31. The van der Waals surface area contributed by atoms with E-state index in [1.54, 1.807) is 10.6 Å². The van der Waals surface area contributed by atoms with Crippen LogP contribution in [0.5, 0.6) is 0 Å². The van der Waals surface area contributed by atoms with Crippen LogP contribution in [0, 0.1) is 23.2 Å². The van der Waals surface area contributed by atoms with Crippen molar-refractivity contribution in [3.8, 4) is 23.6 Å². The monoisotopic (exact) mass is 421 g/mol. The summed E-state index contributed by atoms with van der Waals surface area (Å²) in [5, 5.41) is 12.8. The van der Waals surface area contributed by atoms with Crippen molar-refractivity contribution in [2.24, 2.45) is 0 Å². The molecule has 1 N–H and O–H groups in total. The van der Waals surface area contributed by atoms with Gasteiger partial charge in [0, 0.05) is 16.9 Å². The molecule has 4 rings (SSSR count). The fraction of sp³-hybridized carbons (Fsp3) is 0.115. The Labute approximate surface area is 184 Å². The number of nitrogens with one attached hydrogen (secondary N) is 1. The van der Waals surface area contributed by atoms with Crippen LogP contribution < -0.4 is 10.9 Å². The number of para-hydroxylation sites is 1. The molecule has 2 heterocycles. The summed E-state index contributed by atoms with van der Waals surface area (Å²) < 4.78 is 6.82. The third-order valence-corrected chi connectivity index (χ3v) is 5.00. The molecule has 0 aliphatic carbocycles. The zero-order valence-corrected chi connectivity index (χ0v) is 17.4. The molecule has 0 bridgehead atoms. The fourth-order valence-electron chi connectivity index (χ4n) is 3.51. The lowest BCUT2D eigenvalue weighted by Crippen LogP contribution is -2.23. The first-order valence-electron chi connectivity index (χ1n) is 10.1. The molecular weight excluding hydrogens is 402 g/mol. The molecule has 2 aromatic heterocycles. The zero-order chi connectivity index (χ0) is 22.5. The minimum atomic E-state index is -0.460. The Kier molecular flexibility index (Phi) is 5.87. The van der Waals surface area contributed by atoms with Gasteiger partial charge in [0.25, 0.3) is 11.5 Å². The Morgan fingerprint density at radius 2 is 1.91 bits per heavy atom. The molecule has 0 spiro atoms. The van der Waals surface area contributed by atoms with Crippen molar-refractivity contribution in [2.75, 3.05) is 6.54 Å². The zero-order valence-electron chi connectivity index (χ0n) is 17.4. The van der Waals surface area contributed by atoms with Crippen molar-refractivity contribution < 1.29 is 9.21 Å². The second-order valence-corrected chi connectivity index (χ2v) is 7.00. The predicted molar refractivity (Wildman–Crippen MR) is 122 cm³/mol. The average molecular weight is 421 g/mol. The first-order valence-corrected chi connectivity index (χ1v) is 10.1. The van der Waals surface area contributed by atoms with Crippen LogP contribution in [0.15, 0.2) is 75.9 Å². The lowest BCUT2D eigenvalue weighted by molar-refractivity contribution is 0.0930. The van der Waals surface area contributed by atoms with Gasteiger partial charge in [-0.3, -0.25) is 14.2 Å². The summed E-state index contributed by atoms with van der Waals surface area (Å²) in [6.45, 7) is 2.09. The van der Waals surface area contributed by atoms with E-state index >= 15 is 0 Å². The summed E-state index contributed by atoms with van der Waals surface area (Å²) in [7, 11) is 0. The number of fused-ring (bicyclic) bond motifs is 1. The number of rotatable bonds is 4. The van der Waals surface area contributed by atoms with Crippen molar-refractivity contribution in [2.45, 2.75) is 13.3 Å². The number of furan rings is 1. The Morgan fingerprint density at radius 3 is 2.62 bits per heavy atom. The first kappa shape index (κ1) is 20.7. The van der Waals surface area contributed by atoms with E-state index in [1.807, 2.05) is 61.5 Å². The third-order valence-electron chi connectivity index (χ3n) is 5.00. The summed E-state index contributed by atoms with van der Waals surface area (Å²) in [6, 6.07) is 21.8. The molecule has 0 radical (unpaired) electrons. The maximum absolute atomic E-state index is 13.5. The molecule has 4 aromatic rings. The quantitative estimate of drug-likeness (QED) is 0.508. The molecule has 6 heteroatoms. The number of hydrogen-bond acceptors (Lipinski definition) is 4. The molecule has 6 nitrogen and oxygen atoms in total. The van der Waals surface area contributed by atoms with Crippen molar-refractivity contribution in [3.05, 3.63) is 99.9 Å². The molecule has 0 saturated heterocycles. The molecule has 0 atom stereocenters. The first-order chi connectivity index (χ1) is 15.6. The van der Waals surface area contributed by atoms with E-state index in [0.717, 1.165) is 16.8 Å². The van der Waals surface area contributed by atoms with Gasteiger partial charge in [-0.1, -0.05) is 49.1 Å². The van der Waals surface area contributed by atoms with E-state index < -0.39 is 5.91 Å². The van der Waals surface area contributed by atoms with Crippen LogP contribution in [-0.2, 0) is 6.42 Å². The molecule has 32 heavy (non-hydrogen) atoms. The number of amides is 1. The summed E-state index contributed by atoms with van der Waals surface area (Å²) in [4.78, 5) is 25.6. The van der Waals surface area contributed by atoms with Crippen molar-refractivity contribution in [1.82, 2.24) is 9.88 Å². The van der Waals surface area contributed by atoms with Gasteiger partial charge in [0.15, 0.2) is 5.76 Å². The van der Waals surface area contributed by atoms with Gasteiger partial charge in [-0.25, -0.2) is 0 Å². The number of aryl methyl sites for hydroxylation is 1. The highest BCUT2D eigenvalue weighted by atomic mass is 16.3. The van der Waals surface area contributed by atoms with E-state index in [4.69, 9.17) is 9.68 Å². The summed E-state index contributed by atoms with van der Waals surface area (Å²) in [6.07, 6.45) is 0.711. The predicted octanol–water partition coefficient (Wildman–Crippen LogP) is 3.80. The maximum atomic E-state index is 13.5. The summed E-state index contributed by atoms with van der Waals surface area (Å²) in [5.74, 6) is 5.56. The van der Waals surface area contributed by atoms with Crippen molar-refractivity contribution in [3.63, 3.8) is 0 Å². The van der Waals surface area contributed by atoms with Gasteiger partial charge in [0.2, 0.25) is 5.76 Å². The van der Waals surface area contributed by atoms with Gasteiger partial charge in [-0.2, -0.15) is 5.26 Å². The van der Waals surface area contributed by atoms with Crippen LogP contribution in [-0.4, -0.2) is 17.0 Å². The van der Waals surface area contributed by atoms with Gasteiger partial charge in [0.05, 0.1) is 11.9 Å². The Bertz CT molecular complexity index is 1460. The van der Waals surface area contributed by atoms with Gasteiger partial charge in [0.1, 0.15) is 6.07 Å². The molecule has 156 valence electrons. The van der Waals surface area contributed by atoms with Crippen LogP contribution in [0.3, 0.4) is 0 Å². The SMILES string of the molecule is CCc1cc2cccc(C#CCNC(=O)c3ccc(C#N)o3)c2c(=O)n1-c1ccccc1. The summed E-state index contributed by atoms with van der Waals surface area (Å²) >= 11 is 0. The minimum Gasteiger partial charge on any atom is -0.440 e. The van der Waals surface area contributed by atoms with Crippen LogP contribution in [0.2, 0.25) is 0 Å². The third kappa shape index (κ3) is 4.03. The molecule has 0 aliphatic rings. The Hall–Kier alpha value is -4.55. The minimum absolute atomic E-state index is 0.0475. The topological polar surface area (TPSA) is 88.0 Å². The lowest BCUT2D eigenvalue weighted by atomic mass is 10.0. The van der Waals surface area contributed by atoms with Crippen LogP contribution in [0.1, 0.15) is 34.5 Å². The second-order valence-electron chi connectivity index (χ2n) is 7.00. The molecule has 0 unspecified atom stereocenters. The molecular formula is C26H19N3O3. The smallest absolute Gasteiger partial charge is 0.287 e.